The number of hydrogen-bond acceptors (Lipinski definition) is 6. The number of phenols is 1. The largest absolute Gasteiger partial charge is 0.508 e. The Morgan fingerprint density at radius 2 is 1.71 bits per heavy atom. The minimum Gasteiger partial charge on any atom is -0.508 e. The van der Waals surface area contributed by atoms with Crippen LogP contribution in [0.1, 0.15) is 34.6 Å². The van der Waals surface area contributed by atoms with Crippen LogP contribution in [0.4, 0.5) is 0 Å². The van der Waals surface area contributed by atoms with Gasteiger partial charge in [0.05, 0.1) is 10.9 Å². The van der Waals surface area contributed by atoms with E-state index in [4.69, 9.17) is 0 Å². The molecule has 0 saturated heterocycles. The first-order chi connectivity index (χ1) is 11.3. The van der Waals surface area contributed by atoms with Crippen molar-refractivity contribution in [3.8, 4) is 11.4 Å². The first-order valence-corrected chi connectivity index (χ1v) is 8.75. The van der Waals surface area contributed by atoms with Gasteiger partial charge in [-0.1, -0.05) is 11.8 Å². The van der Waals surface area contributed by atoms with Gasteiger partial charge in [0, 0.05) is 12.1 Å². The Hall–Kier alpha value is -2.09. The molecule has 0 fully saturated rings. The number of carbonyl (C=O) groups is 1. The van der Waals surface area contributed by atoms with Gasteiger partial charge < -0.3 is 10.0 Å². The average Bonchev–Trinajstić information content (AvgIpc) is 2.95. The number of aromatic hydroxyl groups is 1. The lowest BCUT2D eigenvalue weighted by Gasteiger charge is -2.32. The van der Waals surface area contributed by atoms with Crippen LogP contribution < -0.4 is 0 Å². The molecule has 0 aliphatic rings. The van der Waals surface area contributed by atoms with Crippen LogP contribution in [-0.4, -0.2) is 53.5 Å². The number of hydrogen-bond donors (Lipinski definition) is 1. The predicted octanol–water partition coefficient (Wildman–Crippen LogP) is 2.49. The zero-order valence-corrected chi connectivity index (χ0v) is 15.4. The molecular formula is C16H23N5O2S. The van der Waals surface area contributed by atoms with Gasteiger partial charge in [-0.25, -0.2) is 0 Å². The quantitative estimate of drug-likeness (QED) is 0.807. The van der Waals surface area contributed by atoms with Gasteiger partial charge in [-0.2, -0.15) is 4.68 Å². The van der Waals surface area contributed by atoms with Crippen LogP contribution in [0.5, 0.6) is 5.75 Å². The molecule has 2 aromatic rings. The number of phenolic OH excluding ortho intramolecular Hbond substituents is 1. The first kappa shape index (κ1) is 18.3. The fourth-order valence-electron chi connectivity index (χ4n) is 2.53. The van der Waals surface area contributed by atoms with Crippen molar-refractivity contribution < 1.29 is 9.90 Å². The molecule has 0 aliphatic heterocycles. The van der Waals surface area contributed by atoms with Crippen molar-refractivity contribution in [3.63, 3.8) is 0 Å². The van der Waals surface area contributed by atoms with Crippen molar-refractivity contribution in [1.29, 1.82) is 0 Å². The molecule has 8 heteroatoms. The van der Waals surface area contributed by atoms with Crippen molar-refractivity contribution in [1.82, 2.24) is 25.1 Å². The molecule has 1 N–H and O–H groups in total. The molecule has 2 rings (SSSR count). The molecule has 0 saturated carbocycles. The van der Waals surface area contributed by atoms with Crippen LogP contribution in [0, 0.1) is 0 Å². The lowest BCUT2D eigenvalue weighted by molar-refractivity contribution is -0.133. The highest BCUT2D eigenvalue weighted by molar-refractivity contribution is 8.00. The SMILES string of the molecule is CC(C)N(C(=O)[C@@H](C)Sc1nnnn1-c1ccc(O)cc1)C(C)C. The van der Waals surface area contributed by atoms with E-state index >= 15 is 0 Å². The number of benzene rings is 1. The number of aromatic nitrogens is 4. The Kier molecular flexibility index (Phi) is 5.82. The second kappa shape index (κ2) is 7.65. The van der Waals surface area contributed by atoms with Crippen molar-refractivity contribution in [3.05, 3.63) is 24.3 Å². The van der Waals surface area contributed by atoms with E-state index in [0.29, 0.717) is 5.16 Å². The molecule has 1 heterocycles. The second-order valence-electron chi connectivity index (χ2n) is 6.08. The number of thioether (sulfide) groups is 1. The number of amides is 1. The van der Waals surface area contributed by atoms with Crippen LogP contribution in [0.2, 0.25) is 0 Å². The van der Waals surface area contributed by atoms with Crippen LogP contribution in [0.25, 0.3) is 5.69 Å². The monoisotopic (exact) mass is 349 g/mol. The topological polar surface area (TPSA) is 84.1 Å². The number of carbonyl (C=O) groups excluding carboxylic acids is 1. The first-order valence-electron chi connectivity index (χ1n) is 7.88. The van der Waals surface area contributed by atoms with Gasteiger partial charge in [0.25, 0.3) is 0 Å². The van der Waals surface area contributed by atoms with E-state index < -0.39 is 0 Å². The summed E-state index contributed by atoms with van der Waals surface area (Å²) in [5.41, 5.74) is 0.726. The maximum atomic E-state index is 12.7. The summed E-state index contributed by atoms with van der Waals surface area (Å²) in [5, 5.41) is 21.3. The Labute approximate surface area is 146 Å². The van der Waals surface area contributed by atoms with Gasteiger partial charge in [0.1, 0.15) is 5.75 Å². The summed E-state index contributed by atoms with van der Waals surface area (Å²) < 4.78 is 1.56. The van der Waals surface area contributed by atoms with Crippen LogP contribution >= 0.6 is 11.8 Å². The van der Waals surface area contributed by atoms with Gasteiger partial charge in [-0.05, 0) is 69.3 Å². The molecule has 130 valence electrons. The Morgan fingerprint density at radius 1 is 1.12 bits per heavy atom. The lowest BCUT2D eigenvalue weighted by atomic mass is 10.2. The van der Waals surface area contributed by atoms with E-state index in [0.717, 1.165) is 5.69 Å². The summed E-state index contributed by atoms with van der Waals surface area (Å²) in [5.74, 6) is 0.235. The summed E-state index contributed by atoms with van der Waals surface area (Å²) in [7, 11) is 0. The Balaban J connectivity index is 2.18. The third-order valence-corrected chi connectivity index (χ3v) is 4.55. The van der Waals surface area contributed by atoms with E-state index in [1.807, 2.05) is 39.5 Å². The lowest BCUT2D eigenvalue weighted by Crippen LogP contribution is -2.45. The molecule has 0 aliphatic carbocycles. The van der Waals surface area contributed by atoms with Gasteiger partial charge >= 0.3 is 0 Å². The third-order valence-electron chi connectivity index (χ3n) is 3.53. The molecule has 0 bridgehead atoms. The highest BCUT2D eigenvalue weighted by Gasteiger charge is 2.27. The maximum absolute atomic E-state index is 12.7. The zero-order valence-electron chi connectivity index (χ0n) is 14.5. The summed E-state index contributed by atoms with van der Waals surface area (Å²) in [4.78, 5) is 14.6. The van der Waals surface area contributed by atoms with Gasteiger partial charge in [-0.15, -0.1) is 5.10 Å². The fraction of sp³-hybridized carbons (Fsp3) is 0.500. The number of tetrazole rings is 1. The standard InChI is InChI=1S/C16H23N5O2S/c1-10(2)20(11(3)4)15(23)12(5)24-16-17-18-19-21(16)13-6-8-14(22)9-7-13/h6-12,22H,1-5H3/t12-/m1/s1. The van der Waals surface area contributed by atoms with Crippen LogP contribution in [0.15, 0.2) is 29.4 Å². The number of rotatable bonds is 6. The molecule has 1 atom stereocenters. The summed E-state index contributed by atoms with van der Waals surface area (Å²) in [6.07, 6.45) is 0. The normalized spacial score (nSPS) is 12.6. The predicted molar refractivity (Wildman–Crippen MR) is 93.3 cm³/mol. The molecule has 1 aromatic carbocycles. The smallest absolute Gasteiger partial charge is 0.236 e. The summed E-state index contributed by atoms with van der Waals surface area (Å²) in [6, 6.07) is 6.84. The van der Waals surface area contributed by atoms with Crippen molar-refractivity contribution in [2.24, 2.45) is 0 Å². The molecule has 0 spiro atoms. The van der Waals surface area contributed by atoms with Crippen LogP contribution in [0.3, 0.4) is 0 Å². The Bertz CT molecular complexity index is 676. The Morgan fingerprint density at radius 3 is 2.25 bits per heavy atom. The van der Waals surface area contributed by atoms with Crippen molar-refractivity contribution in [2.75, 3.05) is 0 Å². The molecular weight excluding hydrogens is 326 g/mol. The average molecular weight is 349 g/mol. The zero-order chi connectivity index (χ0) is 17.9. The van der Waals surface area contributed by atoms with Gasteiger partial charge in [0.15, 0.2) is 0 Å². The molecule has 7 nitrogen and oxygen atoms in total. The van der Waals surface area contributed by atoms with Crippen LogP contribution in [-0.2, 0) is 4.79 Å². The van der Waals surface area contributed by atoms with Crippen molar-refractivity contribution in [2.45, 2.75) is 57.1 Å². The van der Waals surface area contributed by atoms with E-state index in [2.05, 4.69) is 15.5 Å². The molecule has 1 aromatic heterocycles. The molecule has 1 amide bonds. The fourth-order valence-corrected chi connectivity index (χ4v) is 3.40. The highest BCUT2D eigenvalue weighted by Crippen LogP contribution is 2.25. The molecule has 0 radical (unpaired) electrons. The molecule has 24 heavy (non-hydrogen) atoms. The van der Waals surface area contributed by atoms with Crippen molar-refractivity contribution >= 4 is 17.7 Å². The second-order valence-corrected chi connectivity index (χ2v) is 7.39. The van der Waals surface area contributed by atoms with Gasteiger partial charge in [0.2, 0.25) is 11.1 Å². The number of nitrogens with zero attached hydrogens (tertiary/aromatic N) is 5. The van der Waals surface area contributed by atoms with E-state index in [1.165, 1.54) is 11.8 Å². The summed E-state index contributed by atoms with van der Waals surface area (Å²) in [6.45, 7) is 9.90. The van der Waals surface area contributed by atoms with E-state index in [9.17, 15) is 9.90 Å². The maximum Gasteiger partial charge on any atom is 0.236 e. The summed E-state index contributed by atoms with van der Waals surface area (Å²) >= 11 is 1.32. The van der Waals surface area contributed by atoms with E-state index in [1.54, 1.807) is 28.9 Å². The van der Waals surface area contributed by atoms with E-state index in [-0.39, 0.29) is 29.0 Å². The minimum atomic E-state index is -0.309. The molecule has 0 unspecified atom stereocenters. The third kappa shape index (κ3) is 4.05. The highest BCUT2D eigenvalue weighted by atomic mass is 32.2. The van der Waals surface area contributed by atoms with Gasteiger partial charge in [-0.3, -0.25) is 4.79 Å². The minimum absolute atomic E-state index is 0.0604.